The number of amides is 1. The molecular weight excluding hydrogens is 282 g/mol. The van der Waals surface area contributed by atoms with Gasteiger partial charge in [-0.05, 0) is 17.7 Å². The van der Waals surface area contributed by atoms with Crippen LogP contribution in [0.3, 0.4) is 0 Å². The Hall–Kier alpha value is -3.13. The van der Waals surface area contributed by atoms with Crippen LogP contribution in [-0.4, -0.2) is 22.9 Å². The Morgan fingerprint density at radius 3 is 2.41 bits per heavy atom. The monoisotopic (exact) mass is 297 g/mol. The number of phenols is 2. The maximum Gasteiger partial charge on any atom is 0.408 e. The van der Waals surface area contributed by atoms with Crippen molar-refractivity contribution in [1.29, 1.82) is 0 Å². The maximum absolute atomic E-state index is 11.5. The number of hydrogen-bond donors (Lipinski definition) is 3. The smallest absolute Gasteiger partial charge is 0.408 e. The van der Waals surface area contributed by atoms with Crippen molar-refractivity contribution in [3.05, 3.63) is 59.7 Å². The molecule has 2 aromatic carbocycles. The van der Waals surface area contributed by atoms with E-state index in [1.807, 2.05) is 30.3 Å². The molecule has 0 fully saturated rings. The summed E-state index contributed by atoms with van der Waals surface area (Å²) in [5.74, 6) is 5.00. The minimum absolute atomic E-state index is 0.0431. The molecule has 0 aliphatic carbocycles. The van der Waals surface area contributed by atoms with Crippen LogP contribution in [0.25, 0.3) is 0 Å². The highest BCUT2D eigenvalue weighted by Gasteiger charge is 2.03. The van der Waals surface area contributed by atoms with Crippen molar-refractivity contribution in [2.75, 3.05) is 6.54 Å². The molecule has 22 heavy (non-hydrogen) atoms. The van der Waals surface area contributed by atoms with Gasteiger partial charge in [0.15, 0.2) is 0 Å². The fourth-order valence-electron chi connectivity index (χ4n) is 1.68. The lowest BCUT2D eigenvalue weighted by atomic mass is 10.2. The zero-order valence-corrected chi connectivity index (χ0v) is 11.7. The Morgan fingerprint density at radius 2 is 1.73 bits per heavy atom. The van der Waals surface area contributed by atoms with Crippen molar-refractivity contribution in [3.63, 3.8) is 0 Å². The molecule has 5 heteroatoms. The Kier molecular flexibility index (Phi) is 5.27. The third kappa shape index (κ3) is 4.46. The van der Waals surface area contributed by atoms with Crippen molar-refractivity contribution in [3.8, 4) is 23.3 Å². The fraction of sp³-hybridized carbons (Fsp3) is 0.118. The topological polar surface area (TPSA) is 78.8 Å². The largest absolute Gasteiger partial charge is 0.507 e. The molecule has 0 saturated heterocycles. The van der Waals surface area contributed by atoms with Crippen LogP contribution in [0.1, 0.15) is 11.1 Å². The number of benzene rings is 2. The Labute approximate surface area is 128 Å². The summed E-state index contributed by atoms with van der Waals surface area (Å²) < 4.78 is 5.01. The van der Waals surface area contributed by atoms with Gasteiger partial charge in [-0.2, -0.15) is 0 Å². The average molecular weight is 297 g/mol. The van der Waals surface area contributed by atoms with Gasteiger partial charge in [0, 0.05) is 0 Å². The summed E-state index contributed by atoms with van der Waals surface area (Å²) in [6, 6.07) is 13.7. The van der Waals surface area contributed by atoms with Gasteiger partial charge in [-0.3, -0.25) is 0 Å². The van der Waals surface area contributed by atoms with Crippen LogP contribution in [0.2, 0.25) is 0 Å². The fourth-order valence-corrected chi connectivity index (χ4v) is 1.68. The van der Waals surface area contributed by atoms with E-state index in [1.54, 1.807) is 0 Å². The third-order valence-electron chi connectivity index (χ3n) is 2.77. The summed E-state index contributed by atoms with van der Waals surface area (Å²) in [7, 11) is 0. The lowest BCUT2D eigenvalue weighted by Crippen LogP contribution is -2.24. The van der Waals surface area contributed by atoms with E-state index in [1.165, 1.54) is 18.2 Å². The van der Waals surface area contributed by atoms with Gasteiger partial charge in [0.25, 0.3) is 0 Å². The summed E-state index contributed by atoms with van der Waals surface area (Å²) in [4.78, 5) is 11.5. The molecule has 0 bridgehead atoms. The van der Waals surface area contributed by atoms with Crippen molar-refractivity contribution < 1.29 is 19.7 Å². The van der Waals surface area contributed by atoms with Crippen LogP contribution < -0.4 is 5.32 Å². The zero-order chi connectivity index (χ0) is 15.8. The zero-order valence-electron chi connectivity index (χ0n) is 11.7. The highest BCUT2D eigenvalue weighted by Crippen LogP contribution is 2.24. The Balaban J connectivity index is 1.79. The number of phenolic OH excluding ortho intramolecular Hbond substituents is 2. The first-order valence-corrected chi connectivity index (χ1v) is 6.61. The number of alkyl carbamates (subject to hydrolysis) is 1. The van der Waals surface area contributed by atoms with Gasteiger partial charge in [-0.1, -0.05) is 48.2 Å². The van der Waals surface area contributed by atoms with Crippen molar-refractivity contribution in [2.24, 2.45) is 0 Å². The molecule has 0 spiro atoms. The molecule has 0 aliphatic heterocycles. The van der Waals surface area contributed by atoms with E-state index in [0.29, 0.717) is 0 Å². The predicted molar refractivity (Wildman–Crippen MR) is 81.3 cm³/mol. The lowest BCUT2D eigenvalue weighted by molar-refractivity contribution is 0.141. The molecule has 2 rings (SSSR count). The molecule has 0 atom stereocenters. The molecule has 0 radical (unpaired) electrons. The number of rotatable bonds is 3. The average Bonchev–Trinajstić information content (AvgIpc) is 2.53. The van der Waals surface area contributed by atoms with Gasteiger partial charge < -0.3 is 20.3 Å². The van der Waals surface area contributed by atoms with Gasteiger partial charge in [0.1, 0.15) is 23.7 Å². The summed E-state index contributed by atoms with van der Waals surface area (Å²) in [5.41, 5.74) is 1.02. The molecule has 0 aromatic heterocycles. The van der Waals surface area contributed by atoms with E-state index in [9.17, 15) is 15.0 Å². The van der Waals surface area contributed by atoms with Crippen LogP contribution in [-0.2, 0) is 11.3 Å². The molecule has 0 heterocycles. The normalized spacial score (nSPS) is 9.45. The maximum atomic E-state index is 11.5. The number of hydrogen-bond acceptors (Lipinski definition) is 4. The molecule has 112 valence electrons. The quantitative estimate of drug-likeness (QED) is 0.760. The van der Waals surface area contributed by atoms with Crippen LogP contribution in [0.5, 0.6) is 11.5 Å². The molecule has 3 N–H and O–H groups in total. The van der Waals surface area contributed by atoms with Crippen molar-refractivity contribution in [2.45, 2.75) is 6.61 Å². The minimum atomic E-state index is -0.584. The number of nitrogens with one attached hydrogen (secondary N) is 1. The highest BCUT2D eigenvalue weighted by molar-refractivity contribution is 5.67. The van der Waals surface area contributed by atoms with E-state index in [-0.39, 0.29) is 30.2 Å². The first kappa shape index (κ1) is 15.3. The minimum Gasteiger partial charge on any atom is -0.507 e. The van der Waals surface area contributed by atoms with Crippen molar-refractivity contribution >= 4 is 6.09 Å². The second kappa shape index (κ2) is 7.60. The predicted octanol–water partition coefficient (Wildman–Crippen LogP) is 2.38. The van der Waals surface area contributed by atoms with Gasteiger partial charge in [0.05, 0.1) is 6.54 Å². The van der Waals surface area contributed by atoms with Gasteiger partial charge >= 0.3 is 6.09 Å². The summed E-state index contributed by atoms with van der Waals surface area (Å²) in [6.07, 6.45) is -0.584. The third-order valence-corrected chi connectivity index (χ3v) is 2.77. The number of carbonyl (C=O) groups is 1. The lowest BCUT2D eigenvalue weighted by Gasteiger charge is -2.04. The van der Waals surface area contributed by atoms with E-state index in [0.717, 1.165) is 5.56 Å². The number of carbonyl (C=O) groups excluding carboxylic acids is 1. The van der Waals surface area contributed by atoms with E-state index in [2.05, 4.69) is 17.2 Å². The van der Waals surface area contributed by atoms with E-state index in [4.69, 9.17) is 4.74 Å². The highest BCUT2D eigenvalue weighted by atomic mass is 16.5. The second-order valence-corrected chi connectivity index (χ2v) is 4.39. The van der Waals surface area contributed by atoms with E-state index < -0.39 is 6.09 Å². The molecule has 0 saturated carbocycles. The molecule has 0 aliphatic rings. The Bertz CT molecular complexity index is 681. The first-order valence-electron chi connectivity index (χ1n) is 6.61. The molecular formula is C17H15NO4. The molecule has 1 amide bonds. The number of aromatic hydroxyl groups is 2. The van der Waals surface area contributed by atoms with Crippen LogP contribution in [0.4, 0.5) is 4.79 Å². The SMILES string of the molecule is O=C(NCC#Cc1c(O)cccc1O)OCc1ccccc1. The van der Waals surface area contributed by atoms with Crippen LogP contribution >= 0.6 is 0 Å². The van der Waals surface area contributed by atoms with Gasteiger partial charge in [0.2, 0.25) is 0 Å². The second-order valence-electron chi connectivity index (χ2n) is 4.39. The van der Waals surface area contributed by atoms with Gasteiger partial charge in [-0.15, -0.1) is 0 Å². The standard InChI is InChI=1S/C17H15NO4/c19-15-9-4-10-16(20)14(15)8-5-11-18-17(21)22-12-13-6-2-1-3-7-13/h1-4,6-7,9-10,19-20H,11-12H2,(H,18,21). The van der Waals surface area contributed by atoms with Crippen molar-refractivity contribution in [1.82, 2.24) is 5.32 Å². The summed E-state index contributed by atoms with van der Waals surface area (Å²) in [6.45, 7) is 0.224. The van der Waals surface area contributed by atoms with E-state index >= 15 is 0 Å². The van der Waals surface area contributed by atoms with Crippen LogP contribution in [0.15, 0.2) is 48.5 Å². The number of ether oxygens (including phenoxy) is 1. The first-order chi connectivity index (χ1) is 10.7. The summed E-state index contributed by atoms with van der Waals surface area (Å²) >= 11 is 0. The molecule has 5 nitrogen and oxygen atoms in total. The van der Waals surface area contributed by atoms with Gasteiger partial charge in [-0.25, -0.2) is 4.79 Å². The molecule has 2 aromatic rings. The Morgan fingerprint density at radius 1 is 1.05 bits per heavy atom. The molecule has 0 unspecified atom stereocenters. The summed E-state index contributed by atoms with van der Waals surface area (Å²) in [5, 5.41) is 21.5. The van der Waals surface area contributed by atoms with Crippen LogP contribution in [0, 0.1) is 11.8 Å².